The van der Waals surface area contributed by atoms with E-state index >= 15 is 0 Å². The van der Waals surface area contributed by atoms with Crippen molar-refractivity contribution in [1.82, 2.24) is 9.55 Å². The Hall–Kier alpha value is -2.97. The van der Waals surface area contributed by atoms with Crippen LogP contribution in [0.15, 0.2) is 24.5 Å². The molecule has 0 saturated carbocycles. The van der Waals surface area contributed by atoms with E-state index in [4.69, 9.17) is 10.5 Å². The molecule has 1 heterocycles. The Morgan fingerprint density at radius 3 is 2.86 bits per heavy atom. The molecule has 0 amide bonds. The molecular weight excluding hydrogens is 283 g/mol. The highest BCUT2D eigenvalue weighted by molar-refractivity contribution is 5.92. The maximum Gasteiger partial charge on any atom is 0.360 e. The number of rotatable bonds is 4. The third-order valence-electron chi connectivity index (χ3n) is 2.68. The zero-order chi connectivity index (χ0) is 15.6. The van der Waals surface area contributed by atoms with Crippen LogP contribution in [0.2, 0.25) is 0 Å². The first-order valence-electron chi connectivity index (χ1n) is 5.90. The Morgan fingerprint density at radius 1 is 1.57 bits per heavy atom. The van der Waals surface area contributed by atoms with Crippen molar-refractivity contribution < 1.29 is 18.8 Å². The van der Waals surface area contributed by atoms with Gasteiger partial charge >= 0.3 is 11.7 Å². The summed E-state index contributed by atoms with van der Waals surface area (Å²) in [5.41, 5.74) is 5.21. The number of nitrogens with zero attached hydrogens (tertiary/aromatic N) is 3. The fraction of sp³-hybridized carbons (Fsp3) is 0.167. The molecule has 0 atom stereocenters. The summed E-state index contributed by atoms with van der Waals surface area (Å²) in [5, 5.41) is 10.6. The lowest BCUT2D eigenvalue weighted by molar-refractivity contribution is -0.387. The molecule has 0 aliphatic rings. The molecule has 0 saturated heterocycles. The molecule has 0 aliphatic heterocycles. The van der Waals surface area contributed by atoms with E-state index in [1.54, 1.807) is 6.92 Å². The smallest absolute Gasteiger partial charge is 0.360 e. The Morgan fingerprint density at radius 2 is 2.29 bits per heavy atom. The highest BCUT2D eigenvalue weighted by Gasteiger charge is 2.19. The molecule has 9 heteroatoms. The quantitative estimate of drug-likeness (QED) is 0.521. The van der Waals surface area contributed by atoms with Gasteiger partial charge in [-0.1, -0.05) is 0 Å². The van der Waals surface area contributed by atoms with Gasteiger partial charge in [-0.3, -0.25) is 14.7 Å². The number of hydrogen-bond acceptors (Lipinski definition) is 6. The van der Waals surface area contributed by atoms with E-state index in [2.05, 4.69) is 4.98 Å². The summed E-state index contributed by atoms with van der Waals surface area (Å²) in [5.74, 6) is -1.75. The van der Waals surface area contributed by atoms with E-state index in [0.29, 0.717) is 0 Å². The number of nitro groups is 1. The number of anilines is 1. The number of esters is 1. The first-order valence-corrected chi connectivity index (χ1v) is 5.90. The van der Waals surface area contributed by atoms with Crippen molar-refractivity contribution in [1.29, 1.82) is 0 Å². The predicted molar refractivity (Wildman–Crippen MR) is 70.5 cm³/mol. The van der Waals surface area contributed by atoms with Crippen LogP contribution in [0, 0.1) is 15.9 Å². The van der Waals surface area contributed by atoms with Gasteiger partial charge < -0.3 is 10.5 Å². The van der Waals surface area contributed by atoms with Crippen molar-refractivity contribution in [3.8, 4) is 5.69 Å². The average molecular weight is 294 g/mol. The first kappa shape index (κ1) is 14.4. The molecule has 0 unspecified atom stereocenters. The van der Waals surface area contributed by atoms with E-state index in [0.717, 1.165) is 12.1 Å². The number of hydrogen-bond donors (Lipinski definition) is 1. The number of aromatic nitrogens is 2. The van der Waals surface area contributed by atoms with Crippen LogP contribution in [0.25, 0.3) is 5.69 Å². The van der Waals surface area contributed by atoms with Gasteiger partial charge in [0.25, 0.3) is 0 Å². The summed E-state index contributed by atoms with van der Waals surface area (Å²) in [6, 6.07) is 3.24. The van der Waals surface area contributed by atoms with Gasteiger partial charge in [0.1, 0.15) is 12.1 Å². The van der Waals surface area contributed by atoms with Crippen LogP contribution in [0.5, 0.6) is 0 Å². The van der Waals surface area contributed by atoms with Crippen LogP contribution in [0.4, 0.5) is 15.9 Å². The van der Waals surface area contributed by atoms with E-state index in [-0.39, 0.29) is 23.8 Å². The van der Waals surface area contributed by atoms with Gasteiger partial charge in [0.2, 0.25) is 5.82 Å². The van der Waals surface area contributed by atoms with E-state index < -0.39 is 22.4 Å². The molecule has 1 aromatic carbocycles. The second kappa shape index (κ2) is 5.57. The number of nitrogens with two attached hydrogens (primary N) is 1. The highest BCUT2D eigenvalue weighted by Crippen LogP contribution is 2.23. The summed E-state index contributed by atoms with van der Waals surface area (Å²) in [6.07, 6.45) is 1.21. The Kier molecular flexibility index (Phi) is 3.83. The molecule has 0 aliphatic carbocycles. The monoisotopic (exact) mass is 294 g/mol. The van der Waals surface area contributed by atoms with Crippen LogP contribution < -0.4 is 5.73 Å². The van der Waals surface area contributed by atoms with E-state index in [1.807, 2.05) is 0 Å². The topological polar surface area (TPSA) is 113 Å². The molecule has 0 bridgehead atoms. The second-order valence-electron chi connectivity index (χ2n) is 3.96. The van der Waals surface area contributed by atoms with Crippen LogP contribution in [0.3, 0.4) is 0 Å². The maximum absolute atomic E-state index is 13.6. The van der Waals surface area contributed by atoms with Gasteiger partial charge in [-0.25, -0.2) is 9.78 Å². The Balaban J connectivity index is 2.42. The van der Waals surface area contributed by atoms with Crippen LogP contribution >= 0.6 is 0 Å². The second-order valence-corrected chi connectivity index (χ2v) is 3.96. The summed E-state index contributed by atoms with van der Waals surface area (Å²) >= 11 is 0. The molecule has 8 nitrogen and oxygen atoms in total. The number of imidazole rings is 1. The number of nitro benzene ring substituents is 1. The lowest BCUT2D eigenvalue weighted by Crippen LogP contribution is -2.09. The standard InChI is InChI=1S/C12H11FN4O4/c1-2-21-12(18)10-11(14)16(6-15-10)7-3-4-9(17(19)20)8(13)5-7/h3-6H,2,14H2,1H3. The minimum atomic E-state index is -1.01. The van der Waals surface area contributed by atoms with Gasteiger partial charge in [0.05, 0.1) is 17.2 Å². The number of ether oxygens (including phenoxy) is 1. The molecule has 2 aromatic rings. The van der Waals surface area contributed by atoms with Crippen molar-refractivity contribution in [3.63, 3.8) is 0 Å². The van der Waals surface area contributed by atoms with Crippen molar-refractivity contribution in [2.75, 3.05) is 12.3 Å². The third-order valence-corrected chi connectivity index (χ3v) is 2.68. The molecule has 1 aromatic heterocycles. The molecule has 21 heavy (non-hydrogen) atoms. The Bertz CT molecular complexity index is 713. The third kappa shape index (κ3) is 2.66. The molecule has 2 rings (SSSR count). The molecular formula is C12H11FN4O4. The van der Waals surface area contributed by atoms with Crippen LogP contribution in [-0.2, 0) is 4.74 Å². The number of carbonyl (C=O) groups is 1. The predicted octanol–water partition coefficient (Wildman–Crippen LogP) is 1.68. The number of nitrogen functional groups attached to an aromatic ring is 1. The molecule has 0 spiro atoms. The largest absolute Gasteiger partial charge is 0.461 e. The highest BCUT2D eigenvalue weighted by atomic mass is 19.1. The summed E-state index contributed by atoms with van der Waals surface area (Å²) in [7, 11) is 0. The fourth-order valence-electron chi connectivity index (χ4n) is 1.71. The normalized spacial score (nSPS) is 10.4. The van der Waals surface area contributed by atoms with E-state index in [1.165, 1.54) is 17.0 Å². The summed E-state index contributed by atoms with van der Waals surface area (Å²) < 4.78 is 19.6. The summed E-state index contributed by atoms with van der Waals surface area (Å²) in [6.45, 7) is 1.80. The van der Waals surface area contributed by atoms with E-state index in [9.17, 15) is 19.3 Å². The van der Waals surface area contributed by atoms with Gasteiger partial charge in [-0.2, -0.15) is 4.39 Å². The molecule has 2 N–H and O–H groups in total. The SMILES string of the molecule is CCOC(=O)c1ncn(-c2ccc([N+](=O)[O-])c(F)c2)c1N. The van der Waals surface area contributed by atoms with Crippen molar-refractivity contribution in [2.45, 2.75) is 6.92 Å². The number of halogens is 1. The first-order chi connectivity index (χ1) is 9.95. The van der Waals surface area contributed by atoms with Gasteiger partial charge in [-0.15, -0.1) is 0 Å². The fourth-order valence-corrected chi connectivity index (χ4v) is 1.71. The zero-order valence-corrected chi connectivity index (χ0v) is 10.9. The maximum atomic E-state index is 13.6. The van der Waals surface area contributed by atoms with Gasteiger partial charge in [0, 0.05) is 12.1 Å². The minimum Gasteiger partial charge on any atom is -0.461 e. The molecule has 0 radical (unpaired) electrons. The minimum absolute atomic E-state index is 0.0401. The lowest BCUT2D eigenvalue weighted by Gasteiger charge is -2.06. The average Bonchev–Trinajstić information content (AvgIpc) is 2.80. The Labute approximate surface area is 118 Å². The van der Waals surface area contributed by atoms with Crippen molar-refractivity contribution in [2.24, 2.45) is 0 Å². The van der Waals surface area contributed by atoms with Gasteiger partial charge in [0.15, 0.2) is 5.69 Å². The number of benzene rings is 1. The summed E-state index contributed by atoms with van der Waals surface area (Å²) in [4.78, 5) is 25.1. The van der Waals surface area contributed by atoms with Crippen molar-refractivity contribution >= 4 is 17.5 Å². The van der Waals surface area contributed by atoms with Gasteiger partial charge in [-0.05, 0) is 13.0 Å². The van der Waals surface area contributed by atoms with Crippen LogP contribution in [0.1, 0.15) is 17.4 Å². The lowest BCUT2D eigenvalue weighted by atomic mass is 10.2. The zero-order valence-electron chi connectivity index (χ0n) is 10.9. The van der Waals surface area contributed by atoms with Crippen LogP contribution in [-0.4, -0.2) is 27.1 Å². The number of carbonyl (C=O) groups excluding carboxylic acids is 1. The van der Waals surface area contributed by atoms with Crippen molar-refractivity contribution in [3.05, 3.63) is 46.2 Å². The molecule has 110 valence electrons. The molecule has 0 fully saturated rings.